The molecule has 1 saturated heterocycles. The first kappa shape index (κ1) is 19.7. The molecule has 2 heterocycles. The van der Waals surface area contributed by atoms with Gasteiger partial charge in [-0.3, -0.25) is 19.3 Å². The maximum atomic E-state index is 12.7. The second-order valence-electron chi connectivity index (χ2n) is 7.47. The van der Waals surface area contributed by atoms with Gasteiger partial charge in [-0.15, -0.1) is 0 Å². The first-order valence-corrected chi connectivity index (χ1v) is 9.82. The summed E-state index contributed by atoms with van der Waals surface area (Å²) in [7, 11) is 0. The molecule has 0 atom stereocenters. The molecule has 1 aromatic heterocycles. The Morgan fingerprint density at radius 1 is 1.10 bits per heavy atom. The fourth-order valence-corrected chi connectivity index (χ4v) is 3.94. The first-order chi connectivity index (χ1) is 14.5. The molecule has 1 aromatic carbocycles. The fraction of sp³-hybridized carbons (Fsp3) is 0.333. The number of carbonyl (C=O) groups excluding carboxylic acids is 4. The third-order valence-corrected chi connectivity index (χ3v) is 5.45. The summed E-state index contributed by atoms with van der Waals surface area (Å²) in [6.45, 7) is -0.201. The van der Waals surface area contributed by atoms with E-state index in [1.807, 2.05) is 0 Å². The van der Waals surface area contributed by atoms with Crippen molar-refractivity contribution in [3.05, 3.63) is 54.0 Å². The molecule has 2 fully saturated rings. The molecule has 1 aliphatic heterocycles. The number of urea groups is 1. The number of para-hydroxylation sites is 1. The molecule has 2 aromatic rings. The van der Waals surface area contributed by atoms with E-state index in [0.717, 1.165) is 17.7 Å². The zero-order valence-electron chi connectivity index (χ0n) is 16.3. The van der Waals surface area contributed by atoms with E-state index in [9.17, 15) is 19.2 Å². The van der Waals surface area contributed by atoms with Crippen LogP contribution in [0.25, 0.3) is 0 Å². The summed E-state index contributed by atoms with van der Waals surface area (Å²) >= 11 is 0. The fourth-order valence-electron chi connectivity index (χ4n) is 3.94. The third-order valence-electron chi connectivity index (χ3n) is 5.45. The number of benzene rings is 1. The number of nitrogens with one attached hydrogen (secondary N) is 3. The van der Waals surface area contributed by atoms with E-state index in [2.05, 4.69) is 16.0 Å². The second-order valence-corrected chi connectivity index (χ2v) is 7.47. The maximum Gasteiger partial charge on any atom is 0.325 e. The molecule has 9 nitrogen and oxygen atoms in total. The van der Waals surface area contributed by atoms with E-state index in [4.69, 9.17) is 4.42 Å². The van der Waals surface area contributed by atoms with E-state index in [1.54, 1.807) is 36.4 Å². The summed E-state index contributed by atoms with van der Waals surface area (Å²) in [6, 6.07) is 9.43. The van der Waals surface area contributed by atoms with Crippen LogP contribution in [0, 0.1) is 0 Å². The highest BCUT2D eigenvalue weighted by Gasteiger charge is 2.52. The Bertz CT molecular complexity index is 979. The standard InChI is InChI=1S/C21H22N4O5/c26-17(13-25-19(28)21(24-20(25)29)9-3-4-10-21)23-16-8-2-1-7-15(16)18(27)22-12-14-6-5-11-30-14/h1-2,5-8,11H,3-4,9-10,12-13H2,(H,22,27)(H,23,26)(H,24,29). The average Bonchev–Trinajstić information content (AvgIpc) is 3.46. The number of furan rings is 1. The van der Waals surface area contributed by atoms with Crippen LogP contribution in [0.1, 0.15) is 41.8 Å². The first-order valence-electron chi connectivity index (χ1n) is 9.82. The van der Waals surface area contributed by atoms with Crippen molar-refractivity contribution in [2.24, 2.45) is 0 Å². The van der Waals surface area contributed by atoms with Gasteiger partial charge < -0.3 is 20.4 Å². The molecule has 0 bridgehead atoms. The number of imide groups is 1. The van der Waals surface area contributed by atoms with Gasteiger partial charge >= 0.3 is 6.03 Å². The van der Waals surface area contributed by atoms with Crippen LogP contribution in [-0.4, -0.2) is 40.7 Å². The number of rotatable bonds is 6. The van der Waals surface area contributed by atoms with Crippen LogP contribution in [0.5, 0.6) is 0 Å². The van der Waals surface area contributed by atoms with Gasteiger partial charge in [0, 0.05) is 0 Å². The largest absolute Gasteiger partial charge is 0.467 e. The molecule has 156 valence electrons. The van der Waals surface area contributed by atoms with E-state index >= 15 is 0 Å². The van der Waals surface area contributed by atoms with E-state index in [-0.39, 0.29) is 23.9 Å². The summed E-state index contributed by atoms with van der Waals surface area (Å²) in [5.74, 6) is -0.698. The predicted molar refractivity (Wildman–Crippen MR) is 106 cm³/mol. The Balaban J connectivity index is 1.40. The number of amides is 5. The van der Waals surface area contributed by atoms with Crippen LogP contribution in [-0.2, 0) is 16.1 Å². The topological polar surface area (TPSA) is 121 Å². The number of anilines is 1. The summed E-state index contributed by atoms with van der Waals surface area (Å²) in [4.78, 5) is 51.0. The van der Waals surface area contributed by atoms with Gasteiger partial charge in [-0.05, 0) is 37.1 Å². The molecule has 1 aliphatic carbocycles. The third kappa shape index (κ3) is 3.78. The van der Waals surface area contributed by atoms with Crippen LogP contribution in [0.2, 0.25) is 0 Å². The van der Waals surface area contributed by atoms with Gasteiger partial charge in [0.15, 0.2) is 0 Å². The SMILES string of the molecule is O=C(CN1C(=O)NC2(CCCC2)C1=O)Nc1ccccc1C(=O)NCc1ccco1. The van der Waals surface area contributed by atoms with Gasteiger partial charge in [-0.25, -0.2) is 4.79 Å². The lowest BCUT2D eigenvalue weighted by Gasteiger charge is -2.20. The maximum absolute atomic E-state index is 12.7. The van der Waals surface area contributed by atoms with Crippen molar-refractivity contribution in [2.75, 3.05) is 11.9 Å². The van der Waals surface area contributed by atoms with Crippen molar-refractivity contribution in [1.82, 2.24) is 15.5 Å². The highest BCUT2D eigenvalue weighted by molar-refractivity contribution is 6.11. The summed E-state index contributed by atoms with van der Waals surface area (Å²) in [5.41, 5.74) is -0.301. The molecule has 4 rings (SSSR count). The van der Waals surface area contributed by atoms with Crippen LogP contribution in [0.4, 0.5) is 10.5 Å². The Morgan fingerprint density at radius 2 is 1.87 bits per heavy atom. The minimum absolute atomic E-state index is 0.207. The van der Waals surface area contributed by atoms with E-state index in [1.165, 1.54) is 6.26 Å². The molecule has 1 spiro atoms. The van der Waals surface area contributed by atoms with Crippen LogP contribution in [0.3, 0.4) is 0 Å². The van der Waals surface area contributed by atoms with Crippen LogP contribution >= 0.6 is 0 Å². The Kier molecular flexibility index (Phi) is 5.26. The molecule has 3 N–H and O–H groups in total. The number of hydrogen-bond donors (Lipinski definition) is 3. The zero-order chi connectivity index (χ0) is 21.1. The monoisotopic (exact) mass is 410 g/mol. The van der Waals surface area contributed by atoms with Crippen molar-refractivity contribution in [3.63, 3.8) is 0 Å². The predicted octanol–water partition coefficient (Wildman–Crippen LogP) is 2.01. The van der Waals surface area contributed by atoms with Crippen LogP contribution in [0.15, 0.2) is 47.1 Å². The molecular weight excluding hydrogens is 388 g/mol. The van der Waals surface area contributed by atoms with Gasteiger partial charge in [0.2, 0.25) is 5.91 Å². The lowest BCUT2D eigenvalue weighted by Crippen LogP contribution is -2.44. The summed E-state index contributed by atoms with van der Waals surface area (Å²) in [6.07, 6.45) is 4.43. The molecule has 2 aliphatic rings. The second kappa shape index (κ2) is 8.02. The molecule has 5 amide bonds. The molecule has 0 unspecified atom stereocenters. The number of nitrogens with zero attached hydrogens (tertiary/aromatic N) is 1. The van der Waals surface area contributed by atoms with E-state index < -0.39 is 24.0 Å². The molecular formula is C21H22N4O5. The summed E-state index contributed by atoms with van der Waals surface area (Å²) in [5, 5.41) is 8.10. The molecule has 9 heteroatoms. The van der Waals surface area contributed by atoms with Gasteiger partial charge in [0.1, 0.15) is 17.8 Å². The normalized spacial score (nSPS) is 17.3. The van der Waals surface area contributed by atoms with Crippen molar-refractivity contribution >= 4 is 29.4 Å². The smallest absolute Gasteiger partial charge is 0.325 e. The minimum atomic E-state index is -0.860. The van der Waals surface area contributed by atoms with Crippen molar-refractivity contribution in [3.8, 4) is 0 Å². The quantitative estimate of drug-likeness (QED) is 0.629. The highest BCUT2D eigenvalue weighted by Crippen LogP contribution is 2.34. The minimum Gasteiger partial charge on any atom is -0.467 e. The molecule has 30 heavy (non-hydrogen) atoms. The highest BCUT2D eigenvalue weighted by atomic mass is 16.3. The Labute approximate surface area is 172 Å². The molecule has 1 saturated carbocycles. The van der Waals surface area contributed by atoms with Crippen molar-refractivity contribution < 1.29 is 23.6 Å². The summed E-state index contributed by atoms with van der Waals surface area (Å²) < 4.78 is 5.19. The van der Waals surface area contributed by atoms with Gasteiger partial charge in [0.05, 0.1) is 24.1 Å². The Morgan fingerprint density at radius 3 is 2.60 bits per heavy atom. The molecule has 0 radical (unpaired) electrons. The van der Waals surface area contributed by atoms with Crippen molar-refractivity contribution in [1.29, 1.82) is 0 Å². The van der Waals surface area contributed by atoms with Gasteiger partial charge in [0.25, 0.3) is 11.8 Å². The van der Waals surface area contributed by atoms with Crippen LogP contribution < -0.4 is 16.0 Å². The average molecular weight is 410 g/mol. The lowest BCUT2D eigenvalue weighted by atomic mass is 9.98. The van der Waals surface area contributed by atoms with Gasteiger partial charge in [-0.2, -0.15) is 0 Å². The van der Waals surface area contributed by atoms with Gasteiger partial charge in [-0.1, -0.05) is 25.0 Å². The number of carbonyl (C=O) groups is 4. The lowest BCUT2D eigenvalue weighted by molar-refractivity contribution is -0.133. The number of hydrogen-bond acceptors (Lipinski definition) is 5. The zero-order valence-corrected chi connectivity index (χ0v) is 16.3. The Hall–Kier alpha value is -3.62. The van der Waals surface area contributed by atoms with E-state index in [0.29, 0.717) is 24.3 Å². The van der Waals surface area contributed by atoms with Crippen molar-refractivity contribution in [2.45, 2.75) is 37.8 Å².